The number of hydrogen-bond donors (Lipinski definition) is 1. The molecule has 16 heavy (non-hydrogen) atoms. The van der Waals surface area contributed by atoms with E-state index in [1.165, 1.54) is 0 Å². The lowest BCUT2D eigenvalue weighted by Crippen LogP contribution is -2.16. The molecule has 0 saturated carbocycles. The first-order valence-electron chi connectivity index (χ1n) is 6.00. The van der Waals surface area contributed by atoms with Crippen LogP contribution in [0, 0.1) is 6.92 Å². The minimum Gasteiger partial charge on any atom is -0.385 e. The monoisotopic (exact) mass is 218 g/mol. The third-order valence-corrected chi connectivity index (χ3v) is 2.91. The van der Waals surface area contributed by atoms with E-state index in [-0.39, 0.29) is 5.78 Å². The Morgan fingerprint density at radius 3 is 3.00 bits per heavy atom. The second-order valence-corrected chi connectivity index (χ2v) is 4.34. The molecule has 0 aromatic carbocycles. The first kappa shape index (κ1) is 11.1. The Bertz CT molecular complexity index is 413. The van der Waals surface area contributed by atoms with E-state index in [9.17, 15) is 4.79 Å². The number of anilines is 1. The highest BCUT2D eigenvalue weighted by atomic mass is 16.1. The summed E-state index contributed by atoms with van der Waals surface area (Å²) in [4.78, 5) is 16.1. The van der Waals surface area contributed by atoms with E-state index in [1.54, 1.807) is 0 Å². The third kappa shape index (κ3) is 2.08. The number of carbonyl (C=O) groups excluding carboxylic acids is 1. The molecule has 3 nitrogen and oxygen atoms in total. The number of nitrogens with zero attached hydrogens (tertiary/aromatic N) is 1. The second-order valence-electron chi connectivity index (χ2n) is 4.34. The van der Waals surface area contributed by atoms with Gasteiger partial charge in [-0.15, -0.1) is 0 Å². The smallest absolute Gasteiger partial charge is 0.181 e. The van der Waals surface area contributed by atoms with Crippen LogP contribution in [0.3, 0.4) is 0 Å². The van der Waals surface area contributed by atoms with Crippen molar-refractivity contribution in [3.8, 4) is 0 Å². The van der Waals surface area contributed by atoms with Crippen molar-refractivity contribution in [2.24, 2.45) is 0 Å². The molecule has 0 saturated heterocycles. The molecule has 0 radical (unpaired) electrons. The molecule has 1 aromatic heterocycles. The number of hydrogen-bond acceptors (Lipinski definition) is 3. The molecule has 0 atom stereocenters. The topological polar surface area (TPSA) is 42.0 Å². The average Bonchev–Trinajstić information content (AvgIpc) is 2.27. The maximum Gasteiger partial charge on any atom is 0.181 e. The van der Waals surface area contributed by atoms with Crippen LogP contribution in [0.2, 0.25) is 0 Å². The van der Waals surface area contributed by atoms with E-state index in [0.29, 0.717) is 12.1 Å². The Morgan fingerprint density at radius 1 is 1.44 bits per heavy atom. The number of nitrogens with one attached hydrogen (secondary N) is 1. The van der Waals surface area contributed by atoms with Crippen LogP contribution < -0.4 is 5.32 Å². The zero-order valence-electron chi connectivity index (χ0n) is 9.97. The fourth-order valence-corrected chi connectivity index (χ4v) is 2.14. The number of carbonyl (C=O) groups is 1. The zero-order chi connectivity index (χ0) is 11.5. The minimum absolute atomic E-state index is 0.199. The van der Waals surface area contributed by atoms with Gasteiger partial charge in [0.2, 0.25) is 0 Å². The number of fused-ring (bicyclic) bond motifs is 1. The molecule has 1 aromatic rings. The van der Waals surface area contributed by atoms with Gasteiger partial charge >= 0.3 is 0 Å². The lowest BCUT2D eigenvalue weighted by Gasteiger charge is -2.19. The molecule has 0 fully saturated rings. The van der Waals surface area contributed by atoms with Gasteiger partial charge in [0, 0.05) is 29.9 Å². The summed E-state index contributed by atoms with van der Waals surface area (Å²) >= 11 is 0. The summed E-state index contributed by atoms with van der Waals surface area (Å²) in [6, 6.07) is 2.05. The van der Waals surface area contributed by atoms with Crippen LogP contribution >= 0.6 is 0 Å². The Morgan fingerprint density at radius 2 is 2.25 bits per heavy atom. The van der Waals surface area contributed by atoms with Crippen molar-refractivity contribution in [3.05, 3.63) is 23.0 Å². The van der Waals surface area contributed by atoms with Gasteiger partial charge in [-0.3, -0.25) is 4.79 Å². The van der Waals surface area contributed by atoms with Gasteiger partial charge in [-0.2, -0.15) is 0 Å². The maximum absolute atomic E-state index is 11.8. The minimum atomic E-state index is 0.199. The summed E-state index contributed by atoms with van der Waals surface area (Å²) in [5.74, 6) is 0.199. The van der Waals surface area contributed by atoms with Gasteiger partial charge in [-0.25, -0.2) is 4.98 Å². The first-order chi connectivity index (χ1) is 7.72. The molecule has 2 rings (SSSR count). The van der Waals surface area contributed by atoms with Gasteiger partial charge in [-0.05, 0) is 32.3 Å². The average molecular weight is 218 g/mol. The van der Waals surface area contributed by atoms with Gasteiger partial charge in [0.1, 0.15) is 5.69 Å². The predicted octanol–water partition coefficient (Wildman–Crippen LogP) is 2.73. The molecule has 0 aliphatic heterocycles. The summed E-state index contributed by atoms with van der Waals surface area (Å²) in [7, 11) is 0. The zero-order valence-corrected chi connectivity index (χ0v) is 9.97. The largest absolute Gasteiger partial charge is 0.385 e. The summed E-state index contributed by atoms with van der Waals surface area (Å²) in [5, 5.41) is 3.39. The van der Waals surface area contributed by atoms with Crippen LogP contribution in [0.4, 0.5) is 5.69 Å². The number of aryl methyl sites for hydroxylation is 1. The highest BCUT2D eigenvalue weighted by Crippen LogP contribution is 2.27. The number of ketones is 1. The van der Waals surface area contributed by atoms with Crippen LogP contribution in [0.15, 0.2) is 6.07 Å². The van der Waals surface area contributed by atoms with Crippen LogP contribution in [0.5, 0.6) is 0 Å². The second kappa shape index (κ2) is 4.64. The molecule has 0 amide bonds. The maximum atomic E-state index is 11.8. The van der Waals surface area contributed by atoms with Crippen molar-refractivity contribution in [1.29, 1.82) is 0 Å². The quantitative estimate of drug-likeness (QED) is 0.848. The lowest BCUT2D eigenvalue weighted by atomic mass is 9.93. The van der Waals surface area contributed by atoms with Gasteiger partial charge in [0.05, 0.1) is 0 Å². The summed E-state index contributed by atoms with van der Waals surface area (Å²) < 4.78 is 0. The van der Waals surface area contributed by atoms with E-state index < -0.39 is 0 Å². The normalized spacial score (nSPS) is 14.8. The van der Waals surface area contributed by atoms with E-state index in [0.717, 1.165) is 42.8 Å². The molecule has 86 valence electrons. The van der Waals surface area contributed by atoms with Crippen LogP contribution in [0.1, 0.15) is 47.9 Å². The molecule has 1 N–H and O–H groups in total. The van der Waals surface area contributed by atoms with Crippen LogP contribution in [-0.2, 0) is 6.42 Å². The number of Topliss-reactive ketones (excluding diaryl/α,β-unsaturated/α-hetero) is 1. The number of aromatic nitrogens is 1. The van der Waals surface area contributed by atoms with Crippen LogP contribution in [0.25, 0.3) is 0 Å². The van der Waals surface area contributed by atoms with Crippen molar-refractivity contribution in [1.82, 2.24) is 4.98 Å². The summed E-state index contributed by atoms with van der Waals surface area (Å²) in [6.07, 6.45) is 3.67. The third-order valence-electron chi connectivity index (χ3n) is 2.91. The summed E-state index contributed by atoms with van der Waals surface area (Å²) in [6.45, 7) is 5.03. The van der Waals surface area contributed by atoms with Crippen molar-refractivity contribution in [2.75, 3.05) is 11.9 Å². The predicted molar refractivity (Wildman–Crippen MR) is 65.0 cm³/mol. The lowest BCUT2D eigenvalue weighted by molar-refractivity contribution is 0.0967. The van der Waals surface area contributed by atoms with Crippen molar-refractivity contribution in [2.45, 2.75) is 39.5 Å². The Kier molecular flexibility index (Phi) is 3.22. The molecule has 1 aliphatic rings. The van der Waals surface area contributed by atoms with Crippen molar-refractivity contribution >= 4 is 11.5 Å². The van der Waals surface area contributed by atoms with E-state index in [4.69, 9.17) is 0 Å². The highest BCUT2D eigenvalue weighted by Gasteiger charge is 2.21. The van der Waals surface area contributed by atoms with Gasteiger partial charge < -0.3 is 5.32 Å². The Hall–Kier alpha value is -1.38. The standard InChI is InChI=1S/C13H18N2O/c1-3-7-14-11-8-9(2)15-13-10(11)5-4-6-12(13)16/h8H,3-7H2,1-2H3,(H,14,15). The van der Waals surface area contributed by atoms with E-state index in [1.807, 2.05) is 13.0 Å². The molecular formula is C13H18N2O. The van der Waals surface area contributed by atoms with Gasteiger partial charge in [0.15, 0.2) is 5.78 Å². The number of rotatable bonds is 3. The molecule has 0 unspecified atom stereocenters. The summed E-state index contributed by atoms with van der Waals surface area (Å²) in [5.41, 5.74) is 3.85. The fraction of sp³-hybridized carbons (Fsp3) is 0.538. The Labute approximate surface area is 96.3 Å². The molecule has 3 heteroatoms. The molecule has 1 heterocycles. The first-order valence-corrected chi connectivity index (χ1v) is 6.00. The molecule has 0 spiro atoms. The van der Waals surface area contributed by atoms with Gasteiger partial charge in [-0.1, -0.05) is 6.92 Å². The SMILES string of the molecule is CCCNc1cc(C)nc2c1CCCC2=O. The Balaban J connectivity index is 2.40. The number of pyridine rings is 1. The van der Waals surface area contributed by atoms with Gasteiger partial charge in [0.25, 0.3) is 0 Å². The van der Waals surface area contributed by atoms with Crippen molar-refractivity contribution < 1.29 is 4.79 Å². The molecule has 1 aliphatic carbocycles. The van der Waals surface area contributed by atoms with E-state index in [2.05, 4.69) is 17.2 Å². The van der Waals surface area contributed by atoms with Crippen molar-refractivity contribution in [3.63, 3.8) is 0 Å². The molecule has 0 bridgehead atoms. The van der Waals surface area contributed by atoms with Crippen LogP contribution in [-0.4, -0.2) is 17.3 Å². The van der Waals surface area contributed by atoms with E-state index >= 15 is 0 Å². The highest BCUT2D eigenvalue weighted by molar-refractivity contribution is 5.98. The fourth-order valence-electron chi connectivity index (χ4n) is 2.14. The molecular weight excluding hydrogens is 200 g/mol.